The summed E-state index contributed by atoms with van der Waals surface area (Å²) in [7, 11) is 0. The van der Waals surface area contributed by atoms with Gasteiger partial charge in [-0.15, -0.1) is 0 Å². The summed E-state index contributed by atoms with van der Waals surface area (Å²) < 4.78 is 30.2. The van der Waals surface area contributed by atoms with Crippen molar-refractivity contribution in [3.8, 4) is 5.88 Å². The maximum atomic E-state index is 16.3. The largest absolute Gasteiger partial charge is 0.478 e. The lowest BCUT2D eigenvalue weighted by Crippen LogP contribution is -2.55. The number of halogens is 3. The minimum atomic E-state index is -1.37. The van der Waals surface area contributed by atoms with E-state index in [2.05, 4.69) is 10.2 Å². The smallest absolute Gasteiger partial charge is 0.335 e. The molecule has 4 aliphatic rings. The second-order valence-corrected chi connectivity index (χ2v) is 12.8. The van der Waals surface area contributed by atoms with Crippen LogP contribution in [0.4, 0.5) is 10.1 Å². The first-order valence-electron chi connectivity index (χ1n) is 14.6. The zero-order valence-electron chi connectivity index (χ0n) is 23.3. The fourth-order valence-electron chi connectivity index (χ4n) is 7.87. The minimum Gasteiger partial charge on any atom is -0.478 e. The molecule has 1 aromatic heterocycles. The molecule has 2 saturated heterocycles. The number of nitrogens with zero attached hydrogens (tertiary/aromatic N) is 3. The highest BCUT2D eigenvalue weighted by Gasteiger charge is 2.69. The summed E-state index contributed by atoms with van der Waals surface area (Å²) in [5.41, 5.74) is 0.691. The van der Waals surface area contributed by atoms with Crippen molar-refractivity contribution in [2.45, 2.75) is 36.4 Å². The standard InChI is InChI=1S/C32H27Cl2FN4O5/c33-18-7-9-21-24(12-18)36-31(42)32(21)26(20-4-1-5-22(34)27(20)35)28-25(38(32)13-16-3-2-10-43-14-16)15-44-29-19-8-6-17(30(40)41)11-23(19)37-39(28)29/h1,4-9,11-12,16,25-26,28H,2-3,10,13-15H2,(H,36,42)(H,40,41)/t16?,25-,26-,28?,32+/m0/s1. The summed E-state index contributed by atoms with van der Waals surface area (Å²) in [4.78, 5) is 28.6. The maximum Gasteiger partial charge on any atom is 0.335 e. The number of likely N-dealkylation sites (tertiary alicyclic amines) is 1. The minimum absolute atomic E-state index is 0.0490. The molecule has 0 aliphatic carbocycles. The Balaban J connectivity index is 1.41. The number of carboxylic acid groups (broad SMARTS) is 1. The van der Waals surface area contributed by atoms with Crippen LogP contribution in [0.3, 0.4) is 0 Å². The molecule has 1 amide bonds. The first-order valence-corrected chi connectivity index (χ1v) is 15.3. The number of anilines is 1. The van der Waals surface area contributed by atoms with E-state index < -0.39 is 35.3 Å². The van der Waals surface area contributed by atoms with E-state index in [-0.39, 0.29) is 34.6 Å². The Hall–Kier alpha value is -3.70. The number of hydrogen-bond acceptors (Lipinski definition) is 6. The van der Waals surface area contributed by atoms with E-state index in [1.807, 2.05) is 6.07 Å². The van der Waals surface area contributed by atoms with Crippen LogP contribution in [0.1, 0.15) is 46.3 Å². The van der Waals surface area contributed by atoms with Gasteiger partial charge in [0.15, 0.2) is 0 Å². The number of aromatic carboxylic acids is 1. The van der Waals surface area contributed by atoms with Crippen molar-refractivity contribution in [1.29, 1.82) is 0 Å². The predicted molar refractivity (Wildman–Crippen MR) is 161 cm³/mol. The summed E-state index contributed by atoms with van der Waals surface area (Å²) in [5.74, 6) is -2.20. The zero-order valence-corrected chi connectivity index (χ0v) is 24.8. The van der Waals surface area contributed by atoms with Gasteiger partial charge in [0.25, 0.3) is 0 Å². The summed E-state index contributed by atoms with van der Waals surface area (Å²) in [6.07, 6.45) is 1.83. The van der Waals surface area contributed by atoms with E-state index in [0.717, 1.165) is 12.8 Å². The van der Waals surface area contributed by atoms with Gasteiger partial charge >= 0.3 is 5.97 Å². The Kier molecular flexibility index (Phi) is 6.43. The number of hydrogen-bond donors (Lipinski definition) is 2. The van der Waals surface area contributed by atoms with Gasteiger partial charge in [0, 0.05) is 35.3 Å². The van der Waals surface area contributed by atoms with Crippen molar-refractivity contribution in [1.82, 2.24) is 14.7 Å². The molecule has 4 aliphatic heterocycles. The van der Waals surface area contributed by atoms with Gasteiger partial charge in [0.2, 0.25) is 11.8 Å². The van der Waals surface area contributed by atoms with Crippen molar-refractivity contribution in [3.05, 3.63) is 87.2 Å². The molecule has 0 bridgehead atoms. The van der Waals surface area contributed by atoms with Crippen molar-refractivity contribution < 1.29 is 28.6 Å². The maximum absolute atomic E-state index is 16.3. The van der Waals surface area contributed by atoms with Crippen LogP contribution in [0.5, 0.6) is 5.88 Å². The summed E-state index contributed by atoms with van der Waals surface area (Å²) >= 11 is 12.8. The highest BCUT2D eigenvalue weighted by Crippen LogP contribution is 2.63. The quantitative estimate of drug-likeness (QED) is 0.289. The van der Waals surface area contributed by atoms with Crippen LogP contribution in [0.25, 0.3) is 10.9 Å². The lowest BCUT2D eigenvalue weighted by molar-refractivity contribution is -0.129. The first kappa shape index (κ1) is 27.8. The van der Waals surface area contributed by atoms with Gasteiger partial charge in [-0.2, -0.15) is 5.10 Å². The Labute approximate surface area is 261 Å². The van der Waals surface area contributed by atoms with Crippen LogP contribution in [0.15, 0.2) is 54.6 Å². The van der Waals surface area contributed by atoms with E-state index in [1.54, 1.807) is 35.0 Å². The number of ether oxygens (including phenoxy) is 2. The van der Waals surface area contributed by atoms with E-state index in [0.29, 0.717) is 52.8 Å². The van der Waals surface area contributed by atoms with Gasteiger partial charge in [-0.25, -0.2) is 13.9 Å². The van der Waals surface area contributed by atoms with Gasteiger partial charge < -0.3 is 19.9 Å². The Morgan fingerprint density at radius 1 is 1.16 bits per heavy atom. The molecule has 0 saturated carbocycles. The Morgan fingerprint density at radius 2 is 2.02 bits per heavy atom. The molecule has 226 valence electrons. The molecule has 9 nitrogen and oxygen atoms in total. The first-order chi connectivity index (χ1) is 21.3. The fraction of sp³-hybridized carbons (Fsp3) is 0.344. The molecule has 4 aromatic rings. The molecule has 3 aromatic carbocycles. The van der Waals surface area contributed by atoms with Crippen molar-refractivity contribution in [2.75, 3.05) is 31.7 Å². The van der Waals surface area contributed by atoms with Crippen LogP contribution in [-0.4, -0.2) is 64.1 Å². The lowest BCUT2D eigenvalue weighted by Gasteiger charge is -2.41. The molecular formula is C32H27Cl2FN4O5. The van der Waals surface area contributed by atoms with E-state index >= 15 is 4.39 Å². The van der Waals surface area contributed by atoms with E-state index in [4.69, 9.17) is 37.8 Å². The molecular weight excluding hydrogens is 610 g/mol. The second-order valence-electron chi connectivity index (χ2n) is 11.9. The van der Waals surface area contributed by atoms with Gasteiger partial charge in [-0.1, -0.05) is 41.4 Å². The predicted octanol–water partition coefficient (Wildman–Crippen LogP) is 5.86. The van der Waals surface area contributed by atoms with Crippen LogP contribution in [0.2, 0.25) is 10.0 Å². The number of fused-ring (bicyclic) bond motifs is 7. The molecule has 44 heavy (non-hydrogen) atoms. The number of amides is 1. The number of aromatic nitrogens is 2. The van der Waals surface area contributed by atoms with E-state index in [1.165, 1.54) is 18.2 Å². The number of carbonyl (C=O) groups excluding carboxylic acids is 1. The molecule has 5 atom stereocenters. The summed E-state index contributed by atoms with van der Waals surface area (Å²) in [5, 5.41) is 18.6. The molecule has 1 spiro atoms. The average Bonchev–Trinajstić information content (AvgIpc) is 3.62. The molecule has 12 heteroatoms. The fourth-order valence-corrected chi connectivity index (χ4v) is 8.23. The molecule has 5 heterocycles. The Morgan fingerprint density at radius 3 is 2.82 bits per heavy atom. The molecule has 2 N–H and O–H groups in total. The summed E-state index contributed by atoms with van der Waals surface area (Å²) in [6, 6.07) is 13.9. The van der Waals surface area contributed by atoms with Gasteiger partial charge in [-0.3, -0.25) is 9.69 Å². The normalized spacial score (nSPS) is 27.6. The van der Waals surface area contributed by atoms with E-state index in [9.17, 15) is 14.7 Å². The number of rotatable bonds is 4. The van der Waals surface area contributed by atoms with Gasteiger partial charge in [0.1, 0.15) is 18.0 Å². The third kappa shape index (κ3) is 3.87. The highest BCUT2D eigenvalue weighted by molar-refractivity contribution is 6.31. The lowest BCUT2D eigenvalue weighted by atomic mass is 9.73. The number of carboxylic acids is 1. The number of benzene rings is 3. The third-order valence-corrected chi connectivity index (χ3v) is 10.2. The molecule has 2 fully saturated rings. The highest BCUT2D eigenvalue weighted by atomic mass is 35.5. The number of carbonyl (C=O) groups is 2. The number of nitrogens with one attached hydrogen (secondary N) is 1. The van der Waals surface area contributed by atoms with Crippen LogP contribution in [-0.2, 0) is 15.1 Å². The van der Waals surface area contributed by atoms with Crippen LogP contribution in [0, 0.1) is 11.7 Å². The Bertz CT molecular complexity index is 1860. The third-order valence-electron chi connectivity index (χ3n) is 9.62. The molecule has 8 rings (SSSR count). The van der Waals surface area contributed by atoms with Crippen molar-refractivity contribution in [2.24, 2.45) is 5.92 Å². The SMILES string of the molecule is O=C(O)c1ccc2c3n(nc2c1)C1[C@H](CO3)N(CC2CCCOC2)[C@@]2(C(=O)Nc3cc(Cl)ccc32)[C@H]1c1cccc(Cl)c1F. The average molecular weight is 637 g/mol. The van der Waals surface area contributed by atoms with Crippen LogP contribution < -0.4 is 10.1 Å². The molecule has 2 unspecified atom stereocenters. The topological polar surface area (TPSA) is 106 Å². The van der Waals surface area contributed by atoms with Crippen molar-refractivity contribution in [3.63, 3.8) is 0 Å². The summed E-state index contributed by atoms with van der Waals surface area (Å²) in [6.45, 7) is 1.94. The second kappa shape index (κ2) is 10.2. The van der Waals surface area contributed by atoms with Gasteiger partial charge in [-0.05, 0) is 60.7 Å². The zero-order chi connectivity index (χ0) is 30.3. The van der Waals surface area contributed by atoms with Crippen LogP contribution >= 0.6 is 23.2 Å². The monoisotopic (exact) mass is 636 g/mol. The molecule has 0 radical (unpaired) electrons. The van der Waals surface area contributed by atoms with Crippen molar-refractivity contribution >= 4 is 51.7 Å². The van der Waals surface area contributed by atoms with Gasteiger partial charge in [0.05, 0.1) is 40.2 Å².